The van der Waals surface area contributed by atoms with Gasteiger partial charge in [-0.05, 0) is 44.5 Å². The van der Waals surface area contributed by atoms with Crippen molar-refractivity contribution in [1.82, 2.24) is 10.2 Å². The summed E-state index contributed by atoms with van der Waals surface area (Å²) in [5, 5.41) is 3.50. The van der Waals surface area contributed by atoms with Crippen molar-refractivity contribution in [1.29, 1.82) is 0 Å². The average Bonchev–Trinajstić information content (AvgIpc) is 2.82. The Balaban J connectivity index is 1.96. The molecule has 0 amide bonds. The molecule has 1 aliphatic rings. The maximum atomic E-state index is 3.50. The molecule has 0 radical (unpaired) electrons. The molecule has 1 aromatic rings. The minimum Gasteiger partial charge on any atom is -0.312 e. The van der Waals surface area contributed by atoms with E-state index in [1.165, 1.54) is 49.7 Å². The molecule has 2 heteroatoms. The van der Waals surface area contributed by atoms with Crippen LogP contribution in [-0.2, 0) is 6.42 Å². The summed E-state index contributed by atoms with van der Waals surface area (Å²) in [5.74, 6) is 0. The smallest absolute Gasteiger partial charge is 0.0446 e. The Bertz CT molecular complexity index is 391. The van der Waals surface area contributed by atoms with E-state index in [0.717, 1.165) is 19.0 Å². The molecule has 1 aromatic carbocycles. The lowest BCUT2D eigenvalue weighted by Crippen LogP contribution is -2.38. The number of rotatable bonds is 6. The third-order valence-electron chi connectivity index (χ3n) is 5.06. The van der Waals surface area contributed by atoms with E-state index in [4.69, 9.17) is 0 Å². The topological polar surface area (TPSA) is 15.3 Å². The number of nitrogens with one attached hydrogen (secondary N) is 1. The molecule has 0 bridgehead atoms. The highest BCUT2D eigenvalue weighted by Gasteiger charge is 2.20. The summed E-state index contributed by atoms with van der Waals surface area (Å²) in [6.07, 6.45) is 9.54. The molecule has 2 nitrogen and oxygen atoms in total. The minimum absolute atomic E-state index is 0.434. The lowest BCUT2D eigenvalue weighted by Gasteiger charge is -2.31. The fourth-order valence-corrected chi connectivity index (χ4v) is 3.48. The maximum Gasteiger partial charge on any atom is 0.0446 e. The molecule has 1 aliphatic carbocycles. The third kappa shape index (κ3) is 4.82. The van der Waals surface area contributed by atoms with Crippen molar-refractivity contribution in [3.05, 3.63) is 35.4 Å². The Labute approximate surface area is 130 Å². The van der Waals surface area contributed by atoms with E-state index in [-0.39, 0.29) is 0 Å². The molecule has 0 aliphatic heterocycles. The molecule has 1 atom stereocenters. The number of hydrogen-bond donors (Lipinski definition) is 1. The Kier molecular flexibility index (Phi) is 6.72. The molecular formula is C19H32N2. The molecule has 0 heterocycles. The first-order valence-corrected chi connectivity index (χ1v) is 8.71. The third-order valence-corrected chi connectivity index (χ3v) is 5.06. The van der Waals surface area contributed by atoms with E-state index in [2.05, 4.69) is 55.5 Å². The first-order chi connectivity index (χ1) is 10.2. The molecule has 1 saturated carbocycles. The van der Waals surface area contributed by atoms with Gasteiger partial charge in [0.25, 0.3) is 0 Å². The van der Waals surface area contributed by atoms with Gasteiger partial charge in [-0.2, -0.15) is 0 Å². The number of hydrogen-bond acceptors (Lipinski definition) is 2. The lowest BCUT2D eigenvalue weighted by atomic mass is 10.0. The second kappa shape index (κ2) is 8.55. The fraction of sp³-hybridized carbons (Fsp3) is 0.684. The molecule has 21 heavy (non-hydrogen) atoms. The van der Waals surface area contributed by atoms with Crippen molar-refractivity contribution in [3.8, 4) is 0 Å². The Morgan fingerprint density at radius 2 is 1.71 bits per heavy atom. The monoisotopic (exact) mass is 288 g/mol. The SMILES string of the molecule is CCc1ccc(C(CN(C)C2CCCCCC2)NC)cc1. The van der Waals surface area contributed by atoms with Gasteiger partial charge in [-0.15, -0.1) is 0 Å². The first kappa shape index (κ1) is 16.5. The van der Waals surface area contributed by atoms with Crippen LogP contribution in [0.1, 0.15) is 62.6 Å². The standard InChI is InChI=1S/C19H32N2/c1-4-16-11-13-17(14-12-16)19(20-2)15-21(3)18-9-7-5-6-8-10-18/h11-14,18-20H,4-10,15H2,1-3H3. The quantitative estimate of drug-likeness (QED) is 0.791. The highest BCUT2D eigenvalue weighted by atomic mass is 15.1. The van der Waals surface area contributed by atoms with Crippen molar-refractivity contribution in [3.63, 3.8) is 0 Å². The predicted octanol–water partition coefficient (Wildman–Crippen LogP) is 4.16. The molecule has 1 N–H and O–H groups in total. The van der Waals surface area contributed by atoms with Gasteiger partial charge < -0.3 is 10.2 Å². The van der Waals surface area contributed by atoms with Gasteiger partial charge >= 0.3 is 0 Å². The normalized spacial score (nSPS) is 18.7. The van der Waals surface area contributed by atoms with Crippen LogP contribution < -0.4 is 5.32 Å². The summed E-state index contributed by atoms with van der Waals surface area (Å²) < 4.78 is 0. The zero-order valence-electron chi connectivity index (χ0n) is 14.1. The highest BCUT2D eigenvalue weighted by molar-refractivity contribution is 5.25. The van der Waals surface area contributed by atoms with Crippen LogP contribution in [0, 0.1) is 0 Å². The number of likely N-dealkylation sites (N-methyl/N-ethyl adjacent to an activating group) is 2. The molecule has 1 fully saturated rings. The van der Waals surface area contributed by atoms with Gasteiger partial charge in [0.1, 0.15) is 0 Å². The molecule has 1 unspecified atom stereocenters. The van der Waals surface area contributed by atoms with Crippen LogP contribution in [0.25, 0.3) is 0 Å². The van der Waals surface area contributed by atoms with E-state index in [9.17, 15) is 0 Å². The average molecular weight is 288 g/mol. The summed E-state index contributed by atoms with van der Waals surface area (Å²) in [7, 11) is 4.39. The van der Waals surface area contributed by atoms with Crippen molar-refractivity contribution < 1.29 is 0 Å². The Morgan fingerprint density at radius 1 is 1.10 bits per heavy atom. The number of benzene rings is 1. The maximum absolute atomic E-state index is 3.50. The second-order valence-electron chi connectivity index (χ2n) is 6.52. The first-order valence-electron chi connectivity index (χ1n) is 8.71. The van der Waals surface area contributed by atoms with Crippen LogP contribution >= 0.6 is 0 Å². The zero-order valence-corrected chi connectivity index (χ0v) is 14.1. The van der Waals surface area contributed by atoms with Gasteiger partial charge in [0.2, 0.25) is 0 Å². The molecule has 0 aromatic heterocycles. The van der Waals surface area contributed by atoms with Crippen LogP contribution in [0.5, 0.6) is 0 Å². The largest absolute Gasteiger partial charge is 0.312 e. The van der Waals surface area contributed by atoms with E-state index in [0.29, 0.717) is 6.04 Å². The molecule has 2 rings (SSSR count). The van der Waals surface area contributed by atoms with Crippen molar-refractivity contribution >= 4 is 0 Å². The molecule has 0 spiro atoms. The van der Waals surface area contributed by atoms with E-state index in [1.807, 2.05) is 0 Å². The van der Waals surface area contributed by atoms with Crippen LogP contribution in [0.2, 0.25) is 0 Å². The summed E-state index contributed by atoms with van der Waals surface area (Å²) in [6, 6.07) is 10.3. The second-order valence-corrected chi connectivity index (χ2v) is 6.52. The van der Waals surface area contributed by atoms with Crippen molar-refractivity contribution in [2.24, 2.45) is 0 Å². The summed E-state index contributed by atoms with van der Waals surface area (Å²) in [5.41, 5.74) is 2.83. The van der Waals surface area contributed by atoms with Gasteiger partial charge in [-0.3, -0.25) is 0 Å². The Morgan fingerprint density at radius 3 is 2.24 bits per heavy atom. The van der Waals surface area contributed by atoms with Crippen LogP contribution in [0.3, 0.4) is 0 Å². The van der Waals surface area contributed by atoms with Crippen molar-refractivity contribution in [2.75, 3.05) is 20.6 Å². The van der Waals surface area contributed by atoms with E-state index in [1.54, 1.807) is 0 Å². The van der Waals surface area contributed by atoms with Gasteiger partial charge in [0.05, 0.1) is 0 Å². The number of nitrogens with zero attached hydrogens (tertiary/aromatic N) is 1. The van der Waals surface area contributed by atoms with Gasteiger partial charge in [-0.25, -0.2) is 0 Å². The van der Waals surface area contributed by atoms with Gasteiger partial charge in [0, 0.05) is 18.6 Å². The highest BCUT2D eigenvalue weighted by Crippen LogP contribution is 2.23. The van der Waals surface area contributed by atoms with Crippen LogP contribution in [0.15, 0.2) is 24.3 Å². The fourth-order valence-electron chi connectivity index (χ4n) is 3.48. The summed E-state index contributed by atoms with van der Waals surface area (Å²) in [4.78, 5) is 2.58. The van der Waals surface area contributed by atoms with Gasteiger partial charge in [0.15, 0.2) is 0 Å². The summed E-state index contributed by atoms with van der Waals surface area (Å²) >= 11 is 0. The lowest BCUT2D eigenvalue weighted by molar-refractivity contribution is 0.201. The van der Waals surface area contributed by atoms with Crippen LogP contribution in [-0.4, -0.2) is 31.6 Å². The molecular weight excluding hydrogens is 256 g/mol. The van der Waals surface area contributed by atoms with E-state index >= 15 is 0 Å². The predicted molar refractivity (Wildman–Crippen MR) is 91.7 cm³/mol. The van der Waals surface area contributed by atoms with E-state index < -0.39 is 0 Å². The zero-order chi connectivity index (χ0) is 15.1. The minimum atomic E-state index is 0.434. The molecule has 0 saturated heterocycles. The number of aryl methyl sites for hydroxylation is 1. The Hall–Kier alpha value is -0.860. The van der Waals surface area contributed by atoms with Gasteiger partial charge in [-0.1, -0.05) is 56.9 Å². The summed E-state index contributed by atoms with van der Waals surface area (Å²) in [6.45, 7) is 3.32. The molecule has 118 valence electrons. The van der Waals surface area contributed by atoms with Crippen molar-refractivity contribution in [2.45, 2.75) is 64.0 Å². The van der Waals surface area contributed by atoms with Crippen LogP contribution in [0.4, 0.5) is 0 Å².